The zero-order valence-electron chi connectivity index (χ0n) is 13.0. The lowest BCUT2D eigenvalue weighted by atomic mass is 10.2. The highest BCUT2D eigenvalue weighted by Gasteiger charge is 2.24. The number of hydrogen-bond donors (Lipinski definition) is 1. The molecule has 6 nitrogen and oxygen atoms in total. The predicted molar refractivity (Wildman–Crippen MR) is 93.3 cm³/mol. The number of hydrogen-bond acceptors (Lipinski definition) is 6. The van der Waals surface area contributed by atoms with Crippen LogP contribution in [0, 0.1) is 18.6 Å². The second kappa shape index (κ2) is 7.14. The van der Waals surface area contributed by atoms with Crippen LogP contribution in [-0.2, 0) is 10.0 Å². The first-order chi connectivity index (χ1) is 12.2. The standard InChI is InChI=1S/C15H10ClF2N3O3S2/c1-8-2-9(16)4-10(3-8)24-13-5-12(18)14(6-11(13)17)26(22,23)21-15-19-7-20-25-15/h2-7H,1H3,(H,19,20,21). The van der Waals surface area contributed by atoms with E-state index in [2.05, 4.69) is 9.36 Å². The minimum atomic E-state index is -4.37. The van der Waals surface area contributed by atoms with Gasteiger partial charge in [0, 0.05) is 28.7 Å². The van der Waals surface area contributed by atoms with Gasteiger partial charge in [0.2, 0.25) is 5.13 Å². The molecule has 11 heteroatoms. The van der Waals surface area contributed by atoms with Crippen LogP contribution in [0.3, 0.4) is 0 Å². The Kier molecular flexibility index (Phi) is 5.08. The molecule has 0 amide bonds. The number of aryl methyl sites for hydroxylation is 1. The van der Waals surface area contributed by atoms with E-state index < -0.39 is 32.3 Å². The van der Waals surface area contributed by atoms with Gasteiger partial charge < -0.3 is 4.74 Å². The molecule has 0 atom stereocenters. The van der Waals surface area contributed by atoms with Gasteiger partial charge in [0.15, 0.2) is 11.6 Å². The first-order valence-electron chi connectivity index (χ1n) is 6.98. The maximum Gasteiger partial charge on any atom is 0.266 e. The van der Waals surface area contributed by atoms with E-state index in [0.717, 1.165) is 23.4 Å². The van der Waals surface area contributed by atoms with Gasteiger partial charge in [-0.25, -0.2) is 22.2 Å². The average molecular weight is 418 g/mol. The van der Waals surface area contributed by atoms with E-state index in [1.165, 1.54) is 6.07 Å². The van der Waals surface area contributed by atoms with E-state index >= 15 is 0 Å². The molecule has 1 aromatic heterocycles. The molecule has 1 N–H and O–H groups in total. The van der Waals surface area contributed by atoms with Crippen LogP contribution in [0.25, 0.3) is 0 Å². The van der Waals surface area contributed by atoms with Crippen molar-refractivity contribution < 1.29 is 21.9 Å². The highest BCUT2D eigenvalue weighted by atomic mass is 35.5. The number of rotatable bonds is 5. The molecule has 0 aliphatic rings. The van der Waals surface area contributed by atoms with Crippen molar-refractivity contribution in [2.24, 2.45) is 0 Å². The maximum atomic E-state index is 14.3. The van der Waals surface area contributed by atoms with Crippen LogP contribution in [0.4, 0.5) is 13.9 Å². The van der Waals surface area contributed by atoms with Crippen molar-refractivity contribution in [3.8, 4) is 11.5 Å². The smallest absolute Gasteiger partial charge is 0.266 e. The largest absolute Gasteiger partial charge is 0.454 e. The molecule has 0 fully saturated rings. The topological polar surface area (TPSA) is 81.2 Å². The lowest BCUT2D eigenvalue weighted by Crippen LogP contribution is -2.15. The van der Waals surface area contributed by atoms with Crippen molar-refractivity contribution in [1.82, 2.24) is 9.36 Å². The Morgan fingerprint density at radius 2 is 1.92 bits per heavy atom. The number of nitrogens with one attached hydrogen (secondary N) is 1. The summed E-state index contributed by atoms with van der Waals surface area (Å²) in [7, 11) is -4.37. The fraction of sp³-hybridized carbons (Fsp3) is 0.0667. The molecule has 0 unspecified atom stereocenters. The molecule has 0 aliphatic heterocycles. The third kappa shape index (κ3) is 4.09. The molecule has 0 bridgehead atoms. The van der Waals surface area contributed by atoms with E-state index in [4.69, 9.17) is 16.3 Å². The van der Waals surface area contributed by atoms with E-state index in [1.54, 1.807) is 19.1 Å². The number of sulfonamides is 1. The Morgan fingerprint density at radius 3 is 2.58 bits per heavy atom. The number of benzene rings is 2. The van der Waals surface area contributed by atoms with Gasteiger partial charge in [-0.2, -0.15) is 4.37 Å². The molecule has 3 aromatic rings. The zero-order valence-corrected chi connectivity index (χ0v) is 15.4. The number of anilines is 1. The molecule has 0 saturated heterocycles. The highest BCUT2D eigenvalue weighted by molar-refractivity contribution is 7.93. The monoisotopic (exact) mass is 417 g/mol. The third-order valence-electron chi connectivity index (χ3n) is 3.10. The number of ether oxygens (including phenoxy) is 1. The van der Waals surface area contributed by atoms with Gasteiger partial charge in [-0.3, -0.25) is 4.72 Å². The van der Waals surface area contributed by atoms with Crippen LogP contribution in [0.1, 0.15) is 5.56 Å². The summed E-state index contributed by atoms with van der Waals surface area (Å²) in [5, 5.41) is 0.292. The molecule has 2 aromatic carbocycles. The second-order valence-corrected chi connectivity index (χ2v) is 8.00. The van der Waals surface area contributed by atoms with Gasteiger partial charge in [0.1, 0.15) is 22.8 Å². The summed E-state index contributed by atoms with van der Waals surface area (Å²) in [6, 6.07) is 5.85. The highest BCUT2D eigenvalue weighted by Crippen LogP contribution is 2.31. The van der Waals surface area contributed by atoms with Crippen LogP contribution in [-0.4, -0.2) is 17.8 Å². The minimum absolute atomic E-state index is 0.0699. The Bertz CT molecular complexity index is 1040. The first-order valence-corrected chi connectivity index (χ1v) is 9.61. The summed E-state index contributed by atoms with van der Waals surface area (Å²) < 4.78 is 63.9. The Morgan fingerprint density at radius 1 is 1.15 bits per heavy atom. The summed E-state index contributed by atoms with van der Waals surface area (Å²) in [6.45, 7) is 1.75. The van der Waals surface area contributed by atoms with Crippen LogP contribution >= 0.6 is 23.1 Å². The number of halogens is 3. The van der Waals surface area contributed by atoms with Crippen LogP contribution in [0.2, 0.25) is 5.02 Å². The van der Waals surface area contributed by atoms with Crippen molar-refractivity contribution in [3.63, 3.8) is 0 Å². The quantitative estimate of drug-likeness (QED) is 0.666. The molecule has 136 valence electrons. The normalized spacial score (nSPS) is 11.4. The summed E-state index contributed by atoms with van der Waals surface area (Å²) in [4.78, 5) is 2.76. The lowest BCUT2D eigenvalue weighted by Gasteiger charge is -2.11. The summed E-state index contributed by atoms with van der Waals surface area (Å²) in [5.74, 6) is -2.52. The third-order valence-corrected chi connectivity index (χ3v) is 5.38. The van der Waals surface area contributed by atoms with Crippen molar-refractivity contribution >= 4 is 38.3 Å². The summed E-state index contributed by atoms with van der Waals surface area (Å²) in [5.41, 5.74) is 0.758. The van der Waals surface area contributed by atoms with E-state index in [1.807, 2.05) is 4.72 Å². The molecule has 0 saturated carbocycles. The van der Waals surface area contributed by atoms with Gasteiger partial charge in [0.25, 0.3) is 10.0 Å². The summed E-state index contributed by atoms with van der Waals surface area (Å²) >= 11 is 6.65. The SMILES string of the molecule is Cc1cc(Cl)cc(Oc2cc(F)c(S(=O)(=O)Nc3ncns3)cc2F)c1. The van der Waals surface area contributed by atoms with Gasteiger partial charge in [-0.1, -0.05) is 11.6 Å². The molecular weight excluding hydrogens is 408 g/mol. The van der Waals surface area contributed by atoms with Crippen molar-refractivity contribution in [2.45, 2.75) is 11.8 Å². The number of aromatic nitrogens is 2. The number of nitrogens with zero attached hydrogens (tertiary/aromatic N) is 2. The molecule has 3 rings (SSSR count). The summed E-state index contributed by atoms with van der Waals surface area (Å²) in [6.07, 6.45) is 1.13. The molecule has 1 heterocycles. The fourth-order valence-corrected chi connectivity index (χ4v) is 4.08. The predicted octanol–water partition coefficient (Wildman–Crippen LogP) is 4.37. The van der Waals surface area contributed by atoms with Crippen LogP contribution in [0.15, 0.2) is 41.6 Å². The van der Waals surface area contributed by atoms with Gasteiger partial charge in [0.05, 0.1) is 0 Å². The van der Waals surface area contributed by atoms with Crippen LogP contribution < -0.4 is 9.46 Å². The van der Waals surface area contributed by atoms with Crippen molar-refractivity contribution in [1.29, 1.82) is 0 Å². The van der Waals surface area contributed by atoms with Crippen molar-refractivity contribution in [3.05, 3.63) is 58.9 Å². The molecular formula is C15H10ClF2N3O3S2. The molecule has 26 heavy (non-hydrogen) atoms. The van der Waals surface area contributed by atoms with E-state index in [0.29, 0.717) is 17.2 Å². The average Bonchev–Trinajstić information content (AvgIpc) is 3.01. The minimum Gasteiger partial charge on any atom is -0.454 e. The Balaban J connectivity index is 1.93. The molecule has 0 radical (unpaired) electrons. The van der Waals surface area contributed by atoms with Crippen molar-refractivity contribution in [2.75, 3.05) is 4.72 Å². The van der Waals surface area contributed by atoms with Gasteiger partial charge in [-0.15, -0.1) is 0 Å². The fourth-order valence-electron chi connectivity index (χ4n) is 2.07. The second-order valence-electron chi connectivity index (χ2n) is 5.13. The van der Waals surface area contributed by atoms with Gasteiger partial charge >= 0.3 is 0 Å². The van der Waals surface area contributed by atoms with Gasteiger partial charge in [-0.05, 0) is 30.7 Å². The Labute approximate surface area is 156 Å². The molecule has 0 spiro atoms. The first kappa shape index (κ1) is 18.5. The maximum absolute atomic E-state index is 14.3. The van der Waals surface area contributed by atoms with E-state index in [-0.39, 0.29) is 10.9 Å². The lowest BCUT2D eigenvalue weighted by molar-refractivity contribution is 0.432. The molecule has 0 aliphatic carbocycles. The zero-order chi connectivity index (χ0) is 18.9. The Hall–Kier alpha value is -2.30. The van der Waals surface area contributed by atoms with Crippen LogP contribution in [0.5, 0.6) is 11.5 Å². The van der Waals surface area contributed by atoms with E-state index in [9.17, 15) is 17.2 Å².